The van der Waals surface area contributed by atoms with E-state index in [1.165, 1.54) is 17.8 Å². The van der Waals surface area contributed by atoms with Gasteiger partial charge in [-0.2, -0.15) is 13.2 Å². The van der Waals surface area contributed by atoms with Crippen LogP contribution in [0.2, 0.25) is 5.02 Å². The van der Waals surface area contributed by atoms with Crippen molar-refractivity contribution in [1.82, 2.24) is 14.8 Å². The molecule has 1 aromatic carbocycles. The van der Waals surface area contributed by atoms with Gasteiger partial charge in [-0.25, -0.2) is 0 Å². The van der Waals surface area contributed by atoms with Crippen LogP contribution in [0, 0.1) is 0 Å². The molecule has 1 unspecified atom stereocenters. The zero-order valence-corrected chi connectivity index (χ0v) is 17.2. The molecule has 1 N–H and O–H groups in total. The summed E-state index contributed by atoms with van der Waals surface area (Å²) in [5.41, 5.74) is -0.980. The maximum atomic E-state index is 13.0. The molecule has 1 aromatic heterocycles. The summed E-state index contributed by atoms with van der Waals surface area (Å²) in [6, 6.07) is 3.25. The maximum absolute atomic E-state index is 13.0. The fourth-order valence-corrected chi connectivity index (χ4v) is 3.76. The average Bonchev–Trinajstić information content (AvgIpc) is 3.03. The fourth-order valence-electron chi connectivity index (χ4n) is 2.72. The predicted molar refractivity (Wildman–Crippen MR) is 104 cm³/mol. The van der Waals surface area contributed by atoms with Crippen LogP contribution in [0.1, 0.15) is 12.5 Å². The molecule has 2 aromatic rings. The monoisotopic (exact) mass is 449 g/mol. The van der Waals surface area contributed by atoms with E-state index in [0.29, 0.717) is 37.4 Å². The van der Waals surface area contributed by atoms with E-state index >= 15 is 0 Å². The van der Waals surface area contributed by atoms with Crippen LogP contribution in [0.4, 0.5) is 24.8 Å². The fraction of sp³-hybridized carbons (Fsp3) is 0.471. The van der Waals surface area contributed by atoms with Crippen molar-refractivity contribution in [2.45, 2.75) is 23.5 Å². The molecule has 1 aliphatic rings. The summed E-state index contributed by atoms with van der Waals surface area (Å²) >= 11 is 6.77. The molecular weight excluding hydrogens is 431 g/mol. The van der Waals surface area contributed by atoms with Crippen LogP contribution in [0.25, 0.3) is 0 Å². The number of amides is 1. The molecule has 0 aliphatic carbocycles. The highest BCUT2D eigenvalue weighted by molar-refractivity contribution is 8.00. The Morgan fingerprint density at radius 2 is 2.00 bits per heavy atom. The highest BCUT2D eigenvalue weighted by Gasteiger charge is 2.33. The van der Waals surface area contributed by atoms with E-state index in [2.05, 4.69) is 15.5 Å². The van der Waals surface area contributed by atoms with Crippen LogP contribution in [-0.2, 0) is 22.8 Å². The lowest BCUT2D eigenvalue weighted by molar-refractivity contribution is -0.137. The number of hydrogen-bond acceptors (Lipinski definition) is 6. The van der Waals surface area contributed by atoms with Crippen molar-refractivity contribution < 1.29 is 22.7 Å². The molecule has 1 fully saturated rings. The van der Waals surface area contributed by atoms with Gasteiger partial charge in [0.1, 0.15) is 0 Å². The summed E-state index contributed by atoms with van der Waals surface area (Å²) in [4.78, 5) is 14.5. The average molecular weight is 450 g/mol. The first-order chi connectivity index (χ1) is 13.7. The van der Waals surface area contributed by atoms with E-state index in [9.17, 15) is 18.0 Å². The highest BCUT2D eigenvalue weighted by Crippen LogP contribution is 2.36. The third kappa shape index (κ3) is 5.14. The lowest BCUT2D eigenvalue weighted by atomic mass is 10.2. The molecule has 0 spiro atoms. The van der Waals surface area contributed by atoms with Crippen LogP contribution in [-0.4, -0.2) is 52.2 Å². The number of carbonyl (C=O) groups excluding carboxylic acids is 1. The Labute approximate surface area is 174 Å². The number of nitrogens with one attached hydrogen (secondary N) is 1. The second kappa shape index (κ2) is 8.80. The van der Waals surface area contributed by atoms with Crippen molar-refractivity contribution in [2.75, 3.05) is 36.5 Å². The zero-order valence-electron chi connectivity index (χ0n) is 15.7. The van der Waals surface area contributed by atoms with Gasteiger partial charge in [-0.05, 0) is 25.1 Å². The number of alkyl halides is 3. The second-order valence-electron chi connectivity index (χ2n) is 6.38. The van der Waals surface area contributed by atoms with Crippen molar-refractivity contribution in [1.29, 1.82) is 0 Å². The summed E-state index contributed by atoms with van der Waals surface area (Å²) in [6.07, 6.45) is -4.60. The molecule has 0 radical (unpaired) electrons. The molecule has 1 saturated heterocycles. The van der Waals surface area contributed by atoms with E-state index in [-0.39, 0.29) is 5.69 Å². The SMILES string of the molecule is CC(Sc1nnc(N2CCOCC2)n1C)C(=O)Nc1ccc(Cl)c(C(F)(F)F)c1. The highest BCUT2D eigenvalue weighted by atomic mass is 35.5. The summed E-state index contributed by atoms with van der Waals surface area (Å²) in [6.45, 7) is 4.25. The van der Waals surface area contributed by atoms with Gasteiger partial charge < -0.3 is 15.0 Å². The van der Waals surface area contributed by atoms with Crippen molar-refractivity contribution in [3.63, 3.8) is 0 Å². The minimum absolute atomic E-state index is 0.0196. The van der Waals surface area contributed by atoms with Crippen LogP contribution in [0.5, 0.6) is 0 Å². The molecule has 1 atom stereocenters. The zero-order chi connectivity index (χ0) is 21.2. The summed E-state index contributed by atoms with van der Waals surface area (Å²) in [7, 11) is 1.80. The van der Waals surface area contributed by atoms with E-state index in [0.717, 1.165) is 12.1 Å². The Morgan fingerprint density at radius 3 is 2.66 bits per heavy atom. The number of halogens is 4. The molecule has 0 bridgehead atoms. The molecule has 3 rings (SSSR count). The van der Waals surface area contributed by atoms with Gasteiger partial charge in [-0.1, -0.05) is 23.4 Å². The third-order valence-electron chi connectivity index (χ3n) is 4.30. The molecule has 1 amide bonds. The number of carbonyl (C=O) groups is 1. The van der Waals surface area contributed by atoms with Gasteiger partial charge in [0.25, 0.3) is 0 Å². The van der Waals surface area contributed by atoms with Crippen molar-refractivity contribution in [2.24, 2.45) is 7.05 Å². The van der Waals surface area contributed by atoms with E-state index < -0.39 is 27.9 Å². The van der Waals surface area contributed by atoms with E-state index in [1.54, 1.807) is 18.5 Å². The molecule has 29 heavy (non-hydrogen) atoms. The van der Waals surface area contributed by atoms with Crippen LogP contribution in [0.3, 0.4) is 0 Å². The largest absolute Gasteiger partial charge is 0.417 e. The molecule has 158 valence electrons. The number of aromatic nitrogens is 3. The first-order valence-electron chi connectivity index (χ1n) is 8.73. The van der Waals surface area contributed by atoms with Gasteiger partial charge >= 0.3 is 6.18 Å². The quantitative estimate of drug-likeness (QED) is 0.705. The number of hydrogen-bond donors (Lipinski definition) is 1. The number of nitrogens with zero attached hydrogens (tertiary/aromatic N) is 4. The Morgan fingerprint density at radius 1 is 1.31 bits per heavy atom. The number of thioether (sulfide) groups is 1. The van der Waals surface area contributed by atoms with Crippen LogP contribution >= 0.6 is 23.4 Å². The molecule has 7 nitrogen and oxygen atoms in total. The summed E-state index contributed by atoms with van der Waals surface area (Å²) < 4.78 is 46.0. The number of rotatable bonds is 5. The molecule has 2 heterocycles. The van der Waals surface area contributed by atoms with Crippen LogP contribution < -0.4 is 10.2 Å². The molecular formula is C17H19ClF3N5O2S. The maximum Gasteiger partial charge on any atom is 0.417 e. The number of anilines is 2. The lowest BCUT2D eigenvalue weighted by Gasteiger charge is -2.27. The van der Waals surface area contributed by atoms with Gasteiger partial charge in [0.15, 0.2) is 5.16 Å². The van der Waals surface area contributed by atoms with E-state index in [4.69, 9.17) is 16.3 Å². The minimum atomic E-state index is -4.60. The van der Waals surface area contributed by atoms with Gasteiger partial charge in [0.2, 0.25) is 11.9 Å². The Kier molecular flexibility index (Phi) is 6.59. The van der Waals surface area contributed by atoms with Crippen molar-refractivity contribution in [3.05, 3.63) is 28.8 Å². The predicted octanol–water partition coefficient (Wildman–Crippen LogP) is 3.44. The molecule has 1 aliphatic heterocycles. The topological polar surface area (TPSA) is 72.3 Å². The van der Waals surface area contributed by atoms with Gasteiger partial charge in [-0.3, -0.25) is 9.36 Å². The van der Waals surface area contributed by atoms with Gasteiger partial charge in [0.05, 0.1) is 29.0 Å². The normalized spacial score (nSPS) is 16.0. The van der Waals surface area contributed by atoms with E-state index in [1.807, 2.05) is 4.90 Å². The minimum Gasteiger partial charge on any atom is -0.378 e. The number of ether oxygens (including phenoxy) is 1. The number of benzene rings is 1. The summed E-state index contributed by atoms with van der Waals surface area (Å²) in [5, 5.41) is 10.3. The third-order valence-corrected chi connectivity index (χ3v) is 5.76. The van der Waals surface area contributed by atoms with Crippen LogP contribution in [0.15, 0.2) is 23.4 Å². The second-order valence-corrected chi connectivity index (χ2v) is 8.10. The lowest BCUT2D eigenvalue weighted by Crippen LogP contribution is -2.37. The molecule has 12 heteroatoms. The molecule has 0 saturated carbocycles. The summed E-state index contributed by atoms with van der Waals surface area (Å²) in [5.74, 6) is 0.220. The van der Waals surface area contributed by atoms with Gasteiger partial charge in [0, 0.05) is 25.8 Å². The number of morpholine rings is 1. The smallest absolute Gasteiger partial charge is 0.378 e. The van der Waals surface area contributed by atoms with Crippen molar-refractivity contribution in [3.8, 4) is 0 Å². The van der Waals surface area contributed by atoms with Crippen molar-refractivity contribution >= 4 is 40.9 Å². The Balaban J connectivity index is 1.66. The first kappa shape index (κ1) is 21.7. The Bertz CT molecular complexity index is 886. The van der Waals surface area contributed by atoms with Gasteiger partial charge in [-0.15, -0.1) is 10.2 Å². The Hall–Kier alpha value is -1.98. The standard InChI is InChI=1S/C17H19ClF3N5O2S/c1-10(14(27)22-11-3-4-13(18)12(9-11)17(19,20)21)29-16-24-23-15(25(16)2)26-5-7-28-8-6-26/h3-4,9-10H,5-8H2,1-2H3,(H,22,27). The first-order valence-corrected chi connectivity index (χ1v) is 9.99.